The molecule has 0 radical (unpaired) electrons. The molecule has 0 saturated heterocycles. The van der Waals surface area contributed by atoms with Crippen molar-refractivity contribution in [3.63, 3.8) is 0 Å². The Bertz CT molecular complexity index is 307. The Hall–Kier alpha value is -1.62. The summed E-state index contributed by atoms with van der Waals surface area (Å²) in [7, 11) is 0. The smallest absolute Gasteiger partial charge is 0.333 e. The summed E-state index contributed by atoms with van der Waals surface area (Å²) in [4.78, 5) is 21.5. The van der Waals surface area contributed by atoms with E-state index in [4.69, 9.17) is 14.6 Å². The van der Waals surface area contributed by atoms with E-state index in [2.05, 4.69) is 13.5 Å². The van der Waals surface area contributed by atoms with Gasteiger partial charge in [0, 0.05) is 18.3 Å². The zero-order chi connectivity index (χ0) is 13.8. The van der Waals surface area contributed by atoms with Gasteiger partial charge in [-0.1, -0.05) is 26.0 Å². The quantitative estimate of drug-likeness (QED) is 0.367. The van der Waals surface area contributed by atoms with Crippen molar-refractivity contribution < 1.29 is 24.2 Å². The first-order chi connectivity index (χ1) is 8.57. The number of allylic oxidation sites excluding steroid dienone is 1. The van der Waals surface area contributed by atoms with E-state index in [9.17, 15) is 9.59 Å². The molecule has 0 aliphatic heterocycles. The van der Waals surface area contributed by atoms with Crippen LogP contribution in [0, 0.1) is 0 Å². The molecule has 5 heteroatoms. The van der Waals surface area contributed by atoms with Gasteiger partial charge < -0.3 is 14.6 Å². The van der Waals surface area contributed by atoms with E-state index in [0.29, 0.717) is 13.2 Å². The fraction of sp³-hybridized carbons (Fsp3) is 0.538. The van der Waals surface area contributed by atoms with Crippen LogP contribution in [0.1, 0.15) is 26.2 Å². The molecule has 0 rings (SSSR count). The third-order valence-electron chi connectivity index (χ3n) is 2.02. The lowest BCUT2D eigenvalue weighted by molar-refractivity contribution is -0.140. The van der Waals surface area contributed by atoms with Gasteiger partial charge in [-0.25, -0.2) is 9.59 Å². The first-order valence-electron chi connectivity index (χ1n) is 5.90. The van der Waals surface area contributed by atoms with Crippen molar-refractivity contribution >= 4 is 11.9 Å². The van der Waals surface area contributed by atoms with Crippen LogP contribution >= 0.6 is 0 Å². The van der Waals surface area contributed by atoms with E-state index >= 15 is 0 Å². The molecule has 18 heavy (non-hydrogen) atoms. The summed E-state index contributed by atoms with van der Waals surface area (Å²) in [6, 6.07) is 0. The molecule has 0 heterocycles. The first-order valence-corrected chi connectivity index (χ1v) is 5.90. The number of hydrogen-bond acceptors (Lipinski definition) is 4. The van der Waals surface area contributed by atoms with Crippen LogP contribution in [0.15, 0.2) is 24.3 Å². The van der Waals surface area contributed by atoms with Crippen molar-refractivity contribution in [2.24, 2.45) is 0 Å². The Morgan fingerprint density at radius 2 is 2.00 bits per heavy atom. The summed E-state index contributed by atoms with van der Waals surface area (Å²) in [6.07, 6.45) is 4.53. The van der Waals surface area contributed by atoms with Crippen molar-refractivity contribution in [3.05, 3.63) is 24.3 Å². The van der Waals surface area contributed by atoms with E-state index in [1.54, 1.807) is 0 Å². The largest absolute Gasteiger partial charge is 0.478 e. The van der Waals surface area contributed by atoms with Crippen molar-refractivity contribution in [2.45, 2.75) is 26.2 Å². The van der Waals surface area contributed by atoms with Crippen molar-refractivity contribution in [2.75, 3.05) is 19.8 Å². The molecule has 5 nitrogen and oxygen atoms in total. The molecular weight excluding hydrogens is 236 g/mol. The van der Waals surface area contributed by atoms with Gasteiger partial charge in [0.2, 0.25) is 0 Å². The summed E-state index contributed by atoms with van der Waals surface area (Å²) in [5.74, 6) is -1.58. The van der Waals surface area contributed by atoms with Gasteiger partial charge in [0.25, 0.3) is 0 Å². The molecule has 0 atom stereocenters. The number of esters is 1. The molecule has 0 saturated carbocycles. The van der Waals surface area contributed by atoms with Crippen LogP contribution in [0.2, 0.25) is 0 Å². The van der Waals surface area contributed by atoms with Crippen molar-refractivity contribution in [1.82, 2.24) is 0 Å². The topological polar surface area (TPSA) is 72.8 Å². The average molecular weight is 256 g/mol. The van der Waals surface area contributed by atoms with Crippen LogP contribution in [-0.2, 0) is 19.1 Å². The molecule has 1 N–H and O–H groups in total. The van der Waals surface area contributed by atoms with Gasteiger partial charge >= 0.3 is 11.9 Å². The van der Waals surface area contributed by atoms with Crippen molar-refractivity contribution in [1.29, 1.82) is 0 Å². The normalized spacial score (nSPS) is 10.5. The molecule has 0 aliphatic carbocycles. The third kappa shape index (κ3) is 9.59. The second kappa shape index (κ2) is 10.5. The van der Waals surface area contributed by atoms with E-state index in [1.165, 1.54) is 6.08 Å². The Morgan fingerprint density at radius 3 is 2.61 bits per heavy atom. The fourth-order valence-corrected chi connectivity index (χ4v) is 1.03. The minimum Gasteiger partial charge on any atom is -0.478 e. The molecular formula is C13H20O5. The summed E-state index contributed by atoms with van der Waals surface area (Å²) in [6.45, 7) is 6.80. The van der Waals surface area contributed by atoms with Gasteiger partial charge in [0.15, 0.2) is 0 Å². The summed E-state index contributed by atoms with van der Waals surface area (Å²) < 4.78 is 10.1. The number of hydrogen-bond donors (Lipinski definition) is 1. The maximum Gasteiger partial charge on any atom is 0.333 e. The Labute approximate surface area is 107 Å². The molecule has 0 fully saturated rings. The molecule has 0 spiro atoms. The number of carboxylic acid groups (broad SMARTS) is 1. The number of carboxylic acids is 1. The predicted molar refractivity (Wildman–Crippen MR) is 67.2 cm³/mol. The molecule has 0 aliphatic rings. The Kier molecular flexibility index (Phi) is 9.58. The van der Waals surface area contributed by atoms with Gasteiger partial charge in [-0.05, 0) is 12.8 Å². The monoisotopic (exact) mass is 256 g/mol. The van der Waals surface area contributed by atoms with E-state index in [-0.39, 0.29) is 18.6 Å². The Balaban J connectivity index is 3.62. The highest BCUT2D eigenvalue weighted by Crippen LogP contribution is 2.02. The van der Waals surface area contributed by atoms with Gasteiger partial charge in [-0.2, -0.15) is 0 Å². The minimum absolute atomic E-state index is 0.168. The second-order valence-corrected chi connectivity index (χ2v) is 3.65. The minimum atomic E-state index is -1.06. The van der Waals surface area contributed by atoms with Gasteiger partial charge in [0.1, 0.15) is 6.61 Å². The maximum absolute atomic E-state index is 11.3. The third-order valence-corrected chi connectivity index (χ3v) is 2.02. The number of carbonyl (C=O) groups is 2. The van der Waals surface area contributed by atoms with Crippen LogP contribution in [0.3, 0.4) is 0 Å². The van der Waals surface area contributed by atoms with Crippen LogP contribution in [0.4, 0.5) is 0 Å². The molecule has 0 aromatic carbocycles. The lowest BCUT2D eigenvalue weighted by Crippen LogP contribution is -2.12. The van der Waals surface area contributed by atoms with Crippen molar-refractivity contribution in [3.8, 4) is 0 Å². The predicted octanol–water partition coefficient (Wildman–Crippen LogP) is 1.93. The van der Waals surface area contributed by atoms with Crippen LogP contribution in [0.5, 0.6) is 0 Å². The van der Waals surface area contributed by atoms with E-state index in [1.807, 2.05) is 0 Å². The van der Waals surface area contributed by atoms with Crippen LogP contribution in [0.25, 0.3) is 0 Å². The van der Waals surface area contributed by atoms with E-state index < -0.39 is 11.9 Å². The van der Waals surface area contributed by atoms with Gasteiger partial charge in [-0.15, -0.1) is 0 Å². The van der Waals surface area contributed by atoms with Gasteiger partial charge in [0.05, 0.1) is 6.61 Å². The molecule has 102 valence electrons. The van der Waals surface area contributed by atoms with Crippen LogP contribution < -0.4 is 0 Å². The van der Waals surface area contributed by atoms with E-state index in [0.717, 1.165) is 18.9 Å². The molecule has 0 amide bonds. The second-order valence-electron chi connectivity index (χ2n) is 3.65. The number of rotatable bonds is 10. The molecule has 0 bridgehead atoms. The lowest BCUT2D eigenvalue weighted by atomic mass is 10.2. The molecule has 0 aromatic heterocycles. The SMILES string of the molecule is C=C(CC=CC(=O)O)C(=O)OCCOCCCC. The average Bonchev–Trinajstić information content (AvgIpc) is 2.32. The first kappa shape index (κ1) is 16.4. The summed E-state index contributed by atoms with van der Waals surface area (Å²) in [5.41, 5.74) is 0.223. The molecule has 0 aromatic rings. The highest BCUT2D eigenvalue weighted by Gasteiger charge is 2.06. The molecule has 0 unspecified atom stereocenters. The number of carbonyl (C=O) groups excluding carboxylic acids is 1. The zero-order valence-electron chi connectivity index (χ0n) is 10.7. The highest BCUT2D eigenvalue weighted by atomic mass is 16.6. The summed E-state index contributed by atoms with van der Waals surface area (Å²) >= 11 is 0. The Morgan fingerprint density at radius 1 is 1.28 bits per heavy atom. The summed E-state index contributed by atoms with van der Waals surface area (Å²) in [5, 5.41) is 8.36. The van der Waals surface area contributed by atoms with Gasteiger partial charge in [-0.3, -0.25) is 0 Å². The van der Waals surface area contributed by atoms with Crippen LogP contribution in [-0.4, -0.2) is 36.9 Å². The fourth-order valence-electron chi connectivity index (χ4n) is 1.03. The number of unbranched alkanes of at least 4 members (excludes halogenated alkanes) is 1. The highest BCUT2D eigenvalue weighted by molar-refractivity contribution is 5.88. The lowest BCUT2D eigenvalue weighted by Gasteiger charge is -2.06. The number of ether oxygens (including phenoxy) is 2. The maximum atomic E-state index is 11.3. The standard InChI is InChI=1S/C13H20O5/c1-3-4-8-17-9-10-18-13(16)11(2)6-5-7-12(14)15/h5,7H,2-4,6,8-10H2,1H3,(H,14,15). The zero-order valence-corrected chi connectivity index (χ0v) is 10.7. The number of aliphatic carboxylic acids is 1.